The third-order valence-electron chi connectivity index (χ3n) is 4.67. The van der Waals surface area contributed by atoms with Gasteiger partial charge in [0.1, 0.15) is 11.5 Å². The summed E-state index contributed by atoms with van der Waals surface area (Å²) in [5.74, 6) is 0.390. The van der Waals surface area contributed by atoms with E-state index < -0.39 is 0 Å². The first kappa shape index (κ1) is 16.5. The van der Waals surface area contributed by atoms with Crippen LogP contribution < -0.4 is 5.56 Å². The van der Waals surface area contributed by atoms with Gasteiger partial charge in [-0.2, -0.15) is 0 Å². The highest BCUT2D eigenvalue weighted by Gasteiger charge is 2.22. The molecule has 3 aromatic heterocycles. The van der Waals surface area contributed by atoms with E-state index in [0.29, 0.717) is 15.5 Å². The molecule has 0 radical (unpaired) electrons. The van der Waals surface area contributed by atoms with E-state index in [2.05, 4.69) is 11.9 Å². The number of aromatic nitrogens is 2. The topological polar surface area (TPSA) is 60.7 Å². The minimum absolute atomic E-state index is 0.0165. The Morgan fingerprint density at radius 1 is 1.44 bits per heavy atom. The maximum atomic E-state index is 12.4. The summed E-state index contributed by atoms with van der Waals surface area (Å²) < 4.78 is 6.87. The van der Waals surface area contributed by atoms with E-state index in [1.165, 1.54) is 56.4 Å². The van der Waals surface area contributed by atoms with Crippen LogP contribution in [0.2, 0.25) is 0 Å². The van der Waals surface area contributed by atoms with Gasteiger partial charge in [0.05, 0.1) is 5.69 Å². The van der Waals surface area contributed by atoms with Crippen LogP contribution in [0.4, 0.5) is 0 Å². The number of esters is 1. The van der Waals surface area contributed by atoms with Gasteiger partial charge in [-0.05, 0) is 36.8 Å². The lowest BCUT2D eigenvalue weighted by Gasteiger charge is -2.19. The van der Waals surface area contributed by atoms with Crippen LogP contribution in [0.5, 0.6) is 0 Å². The maximum Gasteiger partial charge on any atom is 0.348 e. The van der Waals surface area contributed by atoms with Crippen LogP contribution >= 0.6 is 22.7 Å². The van der Waals surface area contributed by atoms with Gasteiger partial charge in [0, 0.05) is 22.5 Å². The average molecular weight is 374 g/mol. The molecule has 3 heterocycles. The van der Waals surface area contributed by atoms with E-state index in [1.807, 2.05) is 6.07 Å². The molecule has 1 unspecified atom stereocenters. The molecular formula is C18H18N2O3S2. The zero-order chi connectivity index (χ0) is 17.4. The number of hydrogen-bond donors (Lipinski definition) is 0. The number of thiazole rings is 1. The Balaban J connectivity index is 1.47. The molecule has 0 amide bonds. The van der Waals surface area contributed by atoms with Crippen LogP contribution in [0.3, 0.4) is 0 Å². The second-order valence-corrected chi connectivity index (χ2v) is 8.30. The largest absolute Gasteiger partial charge is 0.455 e. The SMILES string of the molecule is CCC1CCc2sc(C(=O)OCc3cc(=O)n4ccsc4n3)cc2C1. The molecule has 3 aromatic rings. The summed E-state index contributed by atoms with van der Waals surface area (Å²) in [5.41, 5.74) is 1.62. The van der Waals surface area contributed by atoms with Crippen LogP contribution in [0, 0.1) is 5.92 Å². The maximum absolute atomic E-state index is 12.4. The molecule has 5 nitrogen and oxygen atoms in total. The third-order valence-corrected chi connectivity index (χ3v) is 6.64. The van der Waals surface area contributed by atoms with Crippen molar-refractivity contribution in [1.29, 1.82) is 0 Å². The molecule has 4 rings (SSSR count). The zero-order valence-electron chi connectivity index (χ0n) is 13.9. The van der Waals surface area contributed by atoms with E-state index in [4.69, 9.17) is 4.74 Å². The van der Waals surface area contributed by atoms with Crippen LogP contribution in [-0.2, 0) is 24.2 Å². The summed E-state index contributed by atoms with van der Waals surface area (Å²) in [6, 6.07) is 3.40. The van der Waals surface area contributed by atoms with Gasteiger partial charge in [0.25, 0.3) is 5.56 Å². The summed E-state index contributed by atoms with van der Waals surface area (Å²) in [5, 5.41) is 1.80. The van der Waals surface area contributed by atoms with Gasteiger partial charge in [-0.3, -0.25) is 9.20 Å². The van der Waals surface area contributed by atoms with Crippen molar-refractivity contribution in [3.63, 3.8) is 0 Å². The highest BCUT2D eigenvalue weighted by molar-refractivity contribution is 7.15. The lowest BCUT2D eigenvalue weighted by Crippen LogP contribution is -2.14. The average Bonchev–Trinajstić information content (AvgIpc) is 3.25. The lowest BCUT2D eigenvalue weighted by molar-refractivity contribution is 0.0473. The number of carbonyl (C=O) groups excluding carboxylic acids is 1. The molecule has 1 aliphatic rings. The summed E-state index contributed by atoms with van der Waals surface area (Å²) in [6.45, 7) is 2.24. The molecule has 7 heteroatoms. The Morgan fingerprint density at radius 2 is 2.32 bits per heavy atom. The predicted octanol–water partition coefficient (Wildman–Crippen LogP) is 3.69. The molecule has 0 saturated heterocycles. The molecule has 130 valence electrons. The van der Waals surface area contributed by atoms with Gasteiger partial charge < -0.3 is 4.74 Å². The minimum atomic E-state index is -0.333. The monoisotopic (exact) mass is 374 g/mol. The van der Waals surface area contributed by atoms with Crippen molar-refractivity contribution >= 4 is 33.6 Å². The molecule has 0 saturated carbocycles. The fraction of sp³-hybridized carbons (Fsp3) is 0.389. The van der Waals surface area contributed by atoms with Crippen molar-refractivity contribution in [3.8, 4) is 0 Å². The highest BCUT2D eigenvalue weighted by Crippen LogP contribution is 2.33. The van der Waals surface area contributed by atoms with Gasteiger partial charge in [-0.1, -0.05) is 13.3 Å². The standard InChI is InChI=1S/C18H18N2O3S2/c1-2-11-3-4-14-12(7-11)8-15(25-14)17(22)23-10-13-9-16(21)20-5-6-24-18(20)19-13/h5-6,8-9,11H,2-4,7,10H2,1H3. The number of rotatable bonds is 4. The van der Waals surface area contributed by atoms with Crippen molar-refractivity contribution in [1.82, 2.24) is 9.38 Å². The van der Waals surface area contributed by atoms with Crippen LogP contribution in [0.25, 0.3) is 4.96 Å². The minimum Gasteiger partial charge on any atom is -0.455 e. The molecule has 0 bridgehead atoms. The molecule has 0 N–H and O–H groups in total. The zero-order valence-corrected chi connectivity index (χ0v) is 15.5. The third kappa shape index (κ3) is 3.26. The fourth-order valence-electron chi connectivity index (χ4n) is 3.22. The van der Waals surface area contributed by atoms with E-state index >= 15 is 0 Å². The van der Waals surface area contributed by atoms with Gasteiger partial charge in [0.2, 0.25) is 0 Å². The number of aryl methyl sites for hydroxylation is 1. The van der Waals surface area contributed by atoms with Crippen molar-refractivity contribution in [2.45, 2.75) is 39.2 Å². The molecule has 1 atom stereocenters. The first-order valence-electron chi connectivity index (χ1n) is 8.38. The first-order valence-corrected chi connectivity index (χ1v) is 10.1. The number of thiophene rings is 1. The van der Waals surface area contributed by atoms with Crippen molar-refractivity contribution in [3.05, 3.63) is 55.1 Å². The van der Waals surface area contributed by atoms with E-state index in [0.717, 1.165) is 18.8 Å². The van der Waals surface area contributed by atoms with Crippen LogP contribution in [0.15, 0.2) is 28.5 Å². The fourth-order valence-corrected chi connectivity index (χ4v) is 5.06. The summed E-state index contributed by atoms with van der Waals surface area (Å²) in [4.78, 5) is 31.2. The molecular weight excluding hydrogens is 356 g/mol. The Labute approximate surface area is 152 Å². The van der Waals surface area contributed by atoms with Gasteiger partial charge in [-0.15, -0.1) is 22.7 Å². The smallest absolute Gasteiger partial charge is 0.348 e. The lowest BCUT2D eigenvalue weighted by atomic mass is 9.87. The van der Waals surface area contributed by atoms with Crippen LogP contribution in [0.1, 0.15) is 45.6 Å². The van der Waals surface area contributed by atoms with Crippen molar-refractivity contribution in [2.75, 3.05) is 0 Å². The molecule has 1 aliphatic carbocycles. The van der Waals surface area contributed by atoms with Gasteiger partial charge >= 0.3 is 5.97 Å². The second kappa shape index (κ2) is 6.72. The number of ether oxygens (including phenoxy) is 1. The molecule has 25 heavy (non-hydrogen) atoms. The Kier molecular flexibility index (Phi) is 4.43. The Bertz CT molecular complexity index is 986. The van der Waals surface area contributed by atoms with Crippen LogP contribution in [-0.4, -0.2) is 15.4 Å². The van der Waals surface area contributed by atoms with E-state index in [-0.39, 0.29) is 18.1 Å². The first-order chi connectivity index (χ1) is 12.1. The second-order valence-electron chi connectivity index (χ2n) is 6.29. The molecule has 0 aromatic carbocycles. The van der Waals surface area contributed by atoms with E-state index in [9.17, 15) is 9.59 Å². The number of hydrogen-bond acceptors (Lipinski definition) is 6. The van der Waals surface area contributed by atoms with Gasteiger partial charge in [0.15, 0.2) is 4.96 Å². The summed E-state index contributed by atoms with van der Waals surface area (Å²) in [6.07, 6.45) is 6.18. The quantitative estimate of drug-likeness (QED) is 0.654. The van der Waals surface area contributed by atoms with E-state index in [1.54, 1.807) is 11.6 Å². The van der Waals surface area contributed by atoms with Gasteiger partial charge in [-0.25, -0.2) is 9.78 Å². The molecule has 0 spiro atoms. The molecule has 0 fully saturated rings. The van der Waals surface area contributed by atoms with Crippen molar-refractivity contribution in [2.24, 2.45) is 5.92 Å². The highest BCUT2D eigenvalue weighted by atomic mass is 32.1. The normalized spacial score (nSPS) is 16.8. The predicted molar refractivity (Wildman–Crippen MR) is 98.6 cm³/mol. The Hall–Kier alpha value is -1.99. The number of nitrogens with zero attached hydrogens (tertiary/aromatic N) is 2. The number of carbonyl (C=O) groups is 1. The summed E-state index contributed by atoms with van der Waals surface area (Å²) >= 11 is 2.92. The Morgan fingerprint density at radius 3 is 3.16 bits per heavy atom. The summed E-state index contributed by atoms with van der Waals surface area (Å²) in [7, 11) is 0. The van der Waals surface area contributed by atoms with Crippen molar-refractivity contribution < 1.29 is 9.53 Å². The number of fused-ring (bicyclic) bond motifs is 2. The molecule has 0 aliphatic heterocycles.